The average molecular weight is 427 g/mol. The van der Waals surface area contributed by atoms with Crippen LogP contribution in [-0.2, 0) is 9.53 Å². The fourth-order valence-electron chi connectivity index (χ4n) is 3.63. The van der Waals surface area contributed by atoms with Crippen molar-refractivity contribution in [3.05, 3.63) is 54.1 Å². The van der Waals surface area contributed by atoms with Gasteiger partial charge in [-0.05, 0) is 41.8 Å². The van der Waals surface area contributed by atoms with E-state index in [9.17, 15) is 15.0 Å². The molecule has 1 fully saturated rings. The lowest BCUT2D eigenvalue weighted by molar-refractivity contribution is -0.119. The third kappa shape index (κ3) is 5.10. The van der Waals surface area contributed by atoms with Crippen LogP contribution in [0.15, 0.2) is 43.0 Å². The Morgan fingerprint density at radius 1 is 1.19 bits per heavy atom. The largest absolute Gasteiger partial charge is 0.508 e. The average Bonchev–Trinajstić information content (AvgIpc) is 2.77. The second-order valence-electron chi connectivity index (χ2n) is 7.80. The molecule has 0 bridgehead atoms. The molecule has 3 rings (SSSR count). The Morgan fingerprint density at radius 2 is 1.84 bits per heavy atom. The van der Waals surface area contributed by atoms with Gasteiger partial charge in [-0.2, -0.15) is 0 Å². The van der Waals surface area contributed by atoms with Crippen LogP contribution in [0, 0.1) is 0 Å². The van der Waals surface area contributed by atoms with Gasteiger partial charge >= 0.3 is 0 Å². The maximum absolute atomic E-state index is 12.1. The molecular formula is C23H30N4O4. The molecule has 0 spiro atoms. The van der Waals surface area contributed by atoms with Crippen molar-refractivity contribution < 1.29 is 19.7 Å². The Balaban J connectivity index is 1.95. The lowest BCUT2D eigenvalue weighted by Crippen LogP contribution is -2.39. The van der Waals surface area contributed by atoms with Crippen LogP contribution in [0.5, 0.6) is 11.5 Å². The number of nitrogens with one attached hydrogen (secondary N) is 1. The van der Waals surface area contributed by atoms with Gasteiger partial charge in [0.1, 0.15) is 18.0 Å². The maximum atomic E-state index is 12.1. The summed E-state index contributed by atoms with van der Waals surface area (Å²) in [5.41, 5.74) is 5.47. The molecule has 0 aliphatic carbocycles. The fraction of sp³-hybridized carbons (Fsp3) is 0.348. The summed E-state index contributed by atoms with van der Waals surface area (Å²) in [6, 6.07) is 10.8. The number of anilines is 2. The second-order valence-corrected chi connectivity index (χ2v) is 7.80. The van der Waals surface area contributed by atoms with E-state index < -0.39 is 5.91 Å². The van der Waals surface area contributed by atoms with Crippen molar-refractivity contribution in [3.63, 3.8) is 0 Å². The number of ether oxygens (including phenoxy) is 1. The first kappa shape index (κ1) is 22.5. The monoisotopic (exact) mass is 426 g/mol. The summed E-state index contributed by atoms with van der Waals surface area (Å²) in [4.78, 5) is 16.0. The van der Waals surface area contributed by atoms with Gasteiger partial charge in [-0.25, -0.2) is 5.84 Å². The molecule has 0 aromatic heterocycles. The quantitative estimate of drug-likeness (QED) is 0.306. The first-order chi connectivity index (χ1) is 14.8. The smallest absolute Gasteiger partial charge is 0.253 e. The number of nitrogens with two attached hydrogens (primary N) is 1. The third-order valence-corrected chi connectivity index (χ3v) is 5.40. The van der Waals surface area contributed by atoms with Crippen molar-refractivity contribution in [3.8, 4) is 11.5 Å². The molecule has 1 aliphatic rings. The number of rotatable bonds is 7. The number of carbonyl (C=O) groups excluding carboxylic acids is 1. The van der Waals surface area contributed by atoms with E-state index >= 15 is 0 Å². The van der Waals surface area contributed by atoms with E-state index in [1.54, 1.807) is 11.0 Å². The number of hydrogen-bond acceptors (Lipinski definition) is 7. The second kappa shape index (κ2) is 9.72. The maximum Gasteiger partial charge on any atom is 0.253 e. The molecule has 0 saturated carbocycles. The predicted octanol–water partition coefficient (Wildman–Crippen LogP) is 2.53. The molecular weight excluding hydrogens is 396 g/mol. The topological polar surface area (TPSA) is 111 Å². The molecule has 0 unspecified atom stereocenters. The van der Waals surface area contributed by atoms with Crippen molar-refractivity contribution >= 4 is 23.0 Å². The number of hydrazine groups is 1. The summed E-state index contributed by atoms with van der Waals surface area (Å²) < 4.78 is 5.41. The predicted molar refractivity (Wildman–Crippen MR) is 122 cm³/mol. The Kier molecular flexibility index (Phi) is 7.04. The van der Waals surface area contributed by atoms with E-state index in [0.29, 0.717) is 30.0 Å². The van der Waals surface area contributed by atoms with E-state index in [-0.39, 0.29) is 24.0 Å². The lowest BCUT2D eigenvalue weighted by Gasteiger charge is -2.30. The van der Waals surface area contributed by atoms with Gasteiger partial charge < -0.3 is 24.7 Å². The number of carbonyl (C=O) groups is 1. The molecule has 1 saturated heterocycles. The van der Waals surface area contributed by atoms with Crippen LogP contribution in [0.25, 0.3) is 5.70 Å². The van der Waals surface area contributed by atoms with Gasteiger partial charge in [-0.15, -0.1) is 0 Å². The molecule has 2 aromatic carbocycles. The zero-order chi connectivity index (χ0) is 22.5. The zero-order valence-electron chi connectivity index (χ0n) is 18.0. The van der Waals surface area contributed by atoms with E-state index in [1.165, 1.54) is 6.07 Å². The standard InChI is InChI=1S/C23H30N4O4/c1-15(2)19-12-20(22(29)13-21(19)28)16(3)27(14-23(30)25-24)18-6-4-17(5-7-18)26-8-10-31-11-9-26/h4-7,12-13,15,28-29H,3,8-11,14,24H2,1-2H3,(H,25,30). The lowest BCUT2D eigenvalue weighted by atomic mass is 9.97. The molecule has 1 aliphatic heterocycles. The number of hydrogen-bond donors (Lipinski definition) is 4. The van der Waals surface area contributed by atoms with E-state index in [0.717, 1.165) is 24.5 Å². The third-order valence-electron chi connectivity index (χ3n) is 5.40. The highest BCUT2D eigenvalue weighted by atomic mass is 16.5. The van der Waals surface area contributed by atoms with Crippen LogP contribution in [-0.4, -0.2) is 49.0 Å². The molecule has 2 aromatic rings. The number of amides is 1. The minimum Gasteiger partial charge on any atom is -0.508 e. The molecule has 0 atom stereocenters. The summed E-state index contributed by atoms with van der Waals surface area (Å²) >= 11 is 0. The minimum atomic E-state index is -0.402. The van der Waals surface area contributed by atoms with Crippen molar-refractivity contribution in [2.24, 2.45) is 5.84 Å². The van der Waals surface area contributed by atoms with Crippen LogP contribution >= 0.6 is 0 Å². The van der Waals surface area contributed by atoms with E-state index in [2.05, 4.69) is 16.9 Å². The first-order valence-corrected chi connectivity index (χ1v) is 10.3. The van der Waals surface area contributed by atoms with E-state index in [4.69, 9.17) is 10.6 Å². The number of benzene rings is 2. The van der Waals surface area contributed by atoms with Crippen molar-refractivity contribution in [2.45, 2.75) is 19.8 Å². The fourth-order valence-corrected chi connectivity index (χ4v) is 3.63. The Labute approximate surface area is 182 Å². The molecule has 1 amide bonds. The van der Waals surface area contributed by atoms with Crippen molar-refractivity contribution in [2.75, 3.05) is 42.6 Å². The highest BCUT2D eigenvalue weighted by Crippen LogP contribution is 2.37. The van der Waals surface area contributed by atoms with Gasteiger partial charge in [0.25, 0.3) is 5.91 Å². The Bertz CT molecular complexity index is 937. The van der Waals surface area contributed by atoms with Gasteiger partial charge in [0.2, 0.25) is 0 Å². The van der Waals surface area contributed by atoms with Crippen molar-refractivity contribution in [1.82, 2.24) is 5.43 Å². The van der Waals surface area contributed by atoms with Crippen molar-refractivity contribution in [1.29, 1.82) is 0 Å². The summed E-state index contributed by atoms with van der Waals surface area (Å²) in [6.07, 6.45) is 0. The van der Waals surface area contributed by atoms with Gasteiger partial charge in [-0.3, -0.25) is 10.2 Å². The van der Waals surface area contributed by atoms with Crippen LogP contribution in [0.1, 0.15) is 30.9 Å². The van der Waals surface area contributed by atoms with Gasteiger partial charge in [0, 0.05) is 41.8 Å². The SMILES string of the molecule is C=C(c1cc(C(C)C)c(O)cc1O)N(CC(=O)NN)c1ccc(N2CCOCC2)cc1. The number of phenolic OH excluding ortho intramolecular Hbond substituents is 2. The molecule has 1 heterocycles. The van der Waals surface area contributed by atoms with Crippen LogP contribution in [0.2, 0.25) is 0 Å². The number of nitrogens with zero attached hydrogens (tertiary/aromatic N) is 2. The zero-order valence-corrected chi connectivity index (χ0v) is 18.0. The van der Waals surface area contributed by atoms with E-state index in [1.807, 2.05) is 38.1 Å². The number of aromatic hydroxyl groups is 2. The highest BCUT2D eigenvalue weighted by Gasteiger charge is 2.21. The number of phenols is 2. The van der Waals surface area contributed by atoms with Gasteiger partial charge in [-0.1, -0.05) is 20.4 Å². The molecule has 166 valence electrons. The highest BCUT2D eigenvalue weighted by molar-refractivity contribution is 5.90. The summed E-state index contributed by atoms with van der Waals surface area (Å²) in [5, 5.41) is 20.6. The first-order valence-electron chi connectivity index (χ1n) is 10.3. The van der Waals surface area contributed by atoms with Crippen LogP contribution in [0.3, 0.4) is 0 Å². The molecule has 31 heavy (non-hydrogen) atoms. The number of morpholine rings is 1. The van der Waals surface area contributed by atoms with Gasteiger partial charge in [0.15, 0.2) is 0 Å². The van der Waals surface area contributed by atoms with Gasteiger partial charge in [0.05, 0.1) is 13.2 Å². The molecule has 8 nitrogen and oxygen atoms in total. The molecule has 8 heteroatoms. The summed E-state index contributed by atoms with van der Waals surface area (Å²) in [7, 11) is 0. The Hall–Kier alpha value is -3.23. The van der Waals surface area contributed by atoms with Crippen LogP contribution < -0.4 is 21.1 Å². The summed E-state index contributed by atoms with van der Waals surface area (Å²) in [6.45, 7) is 11.0. The van der Waals surface area contributed by atoms with Crippen LogP contribution in [0.4, 0.5) is 11.4 Å². The minimum absolute atomic E-state index is 0.0187. The molecule has 5 N–H and O–H groups in total. The normalized spacial score (nSPS) is 13.9. The molecule has 0 radical (unpaired) electrons. The Morgan fingerprint density at radius 3 is 2.42 bits per heavy atom. The summed E-state index contributed by atoms with van der Waals surface area (Å²) in [5.74, 6) is 4.86.